The fraction of sp³-hybridized carbons (Fsp3) is 0.375. The van der Waals surface area contributed by atoms with E-state index in [0.717, 1.165) is 12.8 Å². The number of hydrogen-bond donors (Lipinski definition) is 0. The fourth-order valence-corrected chi connectivity index (χ4v) is 0.680. The van der Waals surface area contributed by atoms with Crippen molar-refractivity contribution in [1.82, 2.24) is 0 Å². The molecule has 104 valence electrons. The molecule has 0 unspecified atom stereocenters. The maximum absolute atomic E-state index is 8.93. The van der Waals surface area contributed by atoms with Crippen LogP contribution in [-0.4, -0.2) is 13.2 Å². The predicted molar refractivity (Wildman–Crippen MR) is 75.5 cm³/mol. The van der Waals surface area contributed by atoms with Gasteiger partial charge in [-0.1, -0.05) is 13.8 Å². The van der Waals surface area contributed by atoms with Gasteiger partial charge in [0.15, 0.2) is 0 Å². The summed E-state index contributed by atoms with van der Waals surface area (Å²) in [5.74, 6) is 0. The molecule has 0 spiro atoms. The Labute approximate surface area is 138 Å². The summed E-state index contributed by atoms with van der Waals surface area (Å²) in [5.41, 5.74) is 0. The number of allylic oxidation sites excluding steroid dienone is 8. The minimum atomic E-state index is 0. The van der Waals surface area contributed by atoms with E-state index in [9.17, 15) is 0 Å². The van der Waals surface area contributed by atoms with Gasteiger partial charge in [-0.05, 0) is 0 Å². The second-order valence-electron chi connectivity index (χ2n) is 2.58. The van der Waals surface area contributed by atoms with Crippen molar-refractivity contribution in [1.29, 1.82) is 0 Å². The van der Waals surface area contributed by atoms with E-state index in [4.69, 9.17) is 10.2 Å². The van der Waals surface area contributed by atoms with Gasteiger partial charge >= 0.3 is 26.2 Å². The molecule has 0 heterocycles. The summed E-state index contributed by atoms with van der Waals surface area (Å²) in [6.45, 7) is 9.14. The monoisotopic (exact) mass is 338 g/mol. The van der Waals surface area contributed by atoms with Crippen molar-refractivity contribution in [3.63, 3.8) is 0 Å². The molecule has 0 saturated heterocycles. The zero-order valence-corrected chi connectivity index (χ0v) is 14.5. The zero-order chi connectivity index (χ0) is 14.5. The molecule has 0 atom stereocenters. The van der Waals surface area contributed by atoms with Gasteiger partial charge < -0.3 is 10.2 Å². The Bertz CT molecular complexity index is 187. The van der Waals surface area contributed by atoms with E-state index >= 15 is 0 Å². The van der Waals surface area contributed by atoms with Gasteiger partial charge in [0.1, 0.15) is 0 Å². The van der Waals surface area contributed by atoms with Crippen LogP contribution < -0.4 is 10.2 Å². The molecule has 0 aromatic carbocycles. The molecule has 2 aliphatic carbocycles. The second-order valence-corrected chi connectivity index (χ2v) is 2.58. The molecule has 0 aliphatic heterocycles. The largest absolute Gasteiger partial charge is 4.00 e. The predicted octanol–water partition coefficient (Wildman–Crippen LogP) is 2.14. The molecule has 0 aromatic rings. The Kier molecular flexibility index (Phi) is 51.1. The van der Waals surface area contributed by atoms with E-state index in [0.29, 0.717) is 0 Å². The molecule has 0 bridgehead atoms. The third-order valence-corrected chi connectivity index (χ3v) is 1.17. The van der Waals surface area contributed by atoms with Crippen LogP contribution in [0.25, 0.3) is 0 Å². The van der Waals surface area contributed by atoms with Gasteiger partial charge in [-0.25, -0.2) is 24.3 Å². The molecule has 0 radical (unpaired) electrons. The molecular formula is C16H24O2Zr. The molecule has 0 aromatic heterocycles. The van der Waals surface area contributed by atoms with Crippen LogP contribution in [0.1, 0.15) is 26.7 Å². The van der Waals surface area contributed by atoms with Crippen LogP contribution in [0, 0.1) is 12.2 Å². The van der Waals surface area contributed by atoms with Crippen LogP contribution in [0.3, 0.4) is 0 Å². The Balaban J connectivity index is -0.0000000767. The van der Waals surface area contributed by atoms with E-state index < -0.39 is 0 Å². The summed E-state index contributed by atoms with van der Waals surface area (Å²) in [5, 5.41) is 17.9. The van der Waals surface area contributed by atoms with Crippen LogP contribution in [0.2, 0.25) is 0 Å². The smallest absolute Gasteiger partial charge is 0.855 e. The van der Waals surface area contributed by atoms with Gasteiger partial charge in [-0.15, -0.1) is 39.2 Å². The zero-order valence-electron chi connectivity index (χ0n) is 12.0. The molecule has 0 N–H and O–H groups in total. The van der Waals surface area contributed by atoms with Gasteiger partial charge in [0, 0.05) is 0 Å². The molecule has 19 heavy (non-hydrogen) atoms. The number of rotatable bonds is 0. The van der Waals surface area contributed by atoms with Gasteiger partial charge in [-0.3, -0.25) is 12.2 Å². The van der Waals surface area contributed by atoms with E-state index in [-0.39, 0.29) is 39.4 Å². The molecule has 3 heteroatoms. The first-order chi connectivity index (χ1) is 8.83. The molecule has 0 fully saturated rings. The molecule has 2 aliphatic rings. The normalized spacial score (nSPS) is 11.4. The first-order valence-corrected chi connectivity index (χ1v) is 5.93. The van der Waals surface area contributed by atoms with Gasteiger partial charge in [0.05, 0.1) is 0 Å². The van der Waals surface area contributed by atoms with Crippen molar-refractivity contribution in [3.05, 3.63) is 61.8 Å². The average molecular weight is 340 g/mol. The molecule has 0 amide bonds. The minimum Gasteiger partial charge on any atom is -0.855 e. The Morgan fingerprint density at radius 2 is 1.16 bits per heavy atom. The van der Waals surface area contributed by atoms with Crippen LogP contribution in [0.4, 0.5) is 0 Å². The number of hydrogen-bond acceptors (Lipinski definition) is 2. The fourth-order valence-electron chi connectivity index (χ4n) is 0.680. The van der Waals surface area contributed by atoms with Crippen molar-refractivity contribution in [3.8, 4) is 0 Å². The van der Waals surface area contributed by atoms with E-state index in [1.807, 2.05) is 24.3 Å². The summed E-state index contributed by atoms with van der Waals surface area (Å²) in [6.07, 6.45) is 20.0. The minimum absolute atomic E-state index is 0. The van der Waals surface area contributed by atoms with Crippen molar-refractivity contribution in [2.24, 2.45) is 0 Å². The second kappa shape index (κ2) is 36.0. The third-order valence-electron chi connectivity index (χ3n) is 1.17. The van der Waals surface area contributed by atoms with Gasteiger partial charge in [0.25, 0.3) is 0 Å². The van der Waals surface area contributed by atoms with Gasteiger partial charge in [-0.2, -0.15) is 12.2 Å². The van der Waals surface area contributed by atoms with Crippen LogP contribution in [0.5, 0.6) is 0 Å². The molecular weight excluding hydrogens is 315 g/mol. The summed E-state index contributed by atoms with van der Waals surface area (Å²) < 4.78 is 0. The third kappa shape index (κ3) is 46.6. The summed E-state index contributed by atoms with van der Waals surface area (Å²) >= 11 is 0. The Hall–Kier alpha value is -0.497. The van der Waals surface area contributed by atoms with Crippen molar-refractivity contribution in [2.45, 2.75) is 26.7 Å². The quantitative estimate of drug-likeness (QED) is 0.501. The first kappa shape index (κ1) is 26.9. The first-order valence-electron chi connectivity index (χ1n) is 5.93. The van der Waals surface area contributed by atoms with Crippen LogP contribution in [-0.2, 0) is 26.2 Å². The molecule has 2 rings (SSSR count). The van der Waals surface area contributed by atoms with E-state index in [1.54, 1.807) is 13.8 Å². The summed E-state index contributed by atoms with van der Waals surface area (Å²) in [7, 11) is 0. The van der Waals surface area contributed by atoms with Crippen molar-refractivity contribution < 1.29 is 36.4 Å². The molecule has 0 saturated carbocycles. The van der Waals surface area contributed by atoms with Gasteiger partial charge in [0.2, 0.25) is 0 Å². The van der Waals surface area contributed by atoms with Crippen molar-refractivity contribution in [2.75, 3.05) is 13.2 Å². The molecule has 2 nitrogen and oxygen atoms in total. The Morgan fingerprint density at radius 3 is 1.21 bits per heavy atom. The van der Waals surface area contributed by atoms with E-state index in [2.05, 4.69) is 37.5 Å². The van der Waals surface area contributed by atoms with E-state index in [1.165, 1.54) is 0 Å². The standard InChI is InChI=1S/2C5H5.2C2H5O.C2H4.Zr/c2*1-2-4-5-3-1;2*1-2-3;1-2;/h2*1-3H,4H2;2*2H2,1H3;1-2H2;/q4*-1;;+4. The maximum Gasteiger partial charge on any atom is 4.00 e. The SMILES string of the molecule is C=C.CC[O-].CC[O-].[C-]1=CC=CC1.[C-]1=CC=CC1.[Zr+4]. The van der Waals surface area contributed by atoms with Crippen LogP contribution >= 0.6 is 0 Å². The average Bonchev–Trinajstić information content (AvgIpc) is 3.12. The summed E-state index contributed by atoms with van der Waals surface area (Å²) in [4.78, 5) is 0. The van der Waals surface area contributed by atoms with Crippen LogP contribution in [0.15, 0.2) is 49.6 Å². The van der Waals surface area contributed by atoms with Crippen molar-refractivity contribution >= 4 is 0 Å². The maximum atomic E-state index is 8.93. The Morgan fingerprint density at radius 1 is 0.895 bits per heavy atom. The topological polar surface area (TPSA) is 46.1 Å². The summed E-state index contributed by atoms with van der Waals surface area (Å²) in [6, 6.07) is 0.